The topological polar surface area (TPSA) is 107 Å². The molecule has 0 bridgehead atoms. The Morgan fingerprint density at radius 2 is 1.83 bits per heavy atom. The van der Waals surface area contributed by atoms with Gasteiger partial charge in [0.05, 0.1) is 10.6 Å². The van der Waals surface area contributed by atoms with E-state index in [-0.39, 0.29) is 35.8 Å². The number of nitro groups is 1. The molecule has 0 spiro atoms. The number of aromatic nitrogens is 2. The van der Waals surface area contributed by atoms with Crippen molar-refractivity contribution >= 4 is 17.3 Å². The van der Waals surface area contributed by atoms with Crippen LogP contribution in [0.5, 0.6) is 0 Å². The van der Waals surface area contributed by atoms with Gasteiger partial charge in [-0.1, -0.05) is 42.0 Å². The number of carbonyl (C=O) groups is 1. The van der Waals surface area contributed by atoms with E-state index in [0.29, 0.717) is 12.1 Å². The largest absolute Gasteiger partial charge is 0.320 e. The number of hydrogen-bond donors (Lipinski definition) is 1. The maximum Gasteiger partial charge on any atom is 0.292 e. The first-order valence-electron chi connectivity index (χ1n) is 9.12. The highest BCUT2D eigenvalue weighted by Crippen LogP contribution is 2.23. The first kappa shape index (κ1) is 19.9. The molecule has 29 heavy (non-hydrogen) atoms. The minimum absolute atomic E-state index is 0.106. The quantitative estimate of drug-likeness (QED) is 0.489. The summed E-state index contributed by atoms with van der Waals surface area (Å²) in [5.74, 6) is -0.359. The molecule has 3 rings (SSSR count). The Kier molecular flexibility index (Phi) is 6.13. The van der Waals surface area contributed by atoms with E-state index in [4.69, 9.17) is 0 Å². The third-order valence-corrected chi connectivity index (χ3v) is 4.36. The molecule has 1 heterocycles. The molecule has 1 amide bonds. The van der Waals surface area contributed by atoms with Gasteiger partial charge in [-0.05, 0) is 25.5 Å². The lowest BCUT2D eigenvalue weighted by atomic mass is 10.1. The van der Waals surface area contributed by atoms with Crippen LogP contribution in [0, 0.1) is 17.0 Å². The monoisotopic (exact) mass is 392 g/mol. The van der Waals surface area contributed by atoms with Crippen LogP contribution in [-0.2, 0) is 11.3 Å². The third kappa shape index (κ3) is 5.13. The van der Waals surface area contributed by atoms with Gasteiger partial charge in [0.2, 0.25) is 5.91 Å². The number of anilines is 1. The SMILES string of the molecule is Cc1ccc(-c2ccc(=O)n(CCCC(=O)Nc3ccccc3[N+](=O)[O-])n2)cc1. The predicted octanol–water partition coefficient (Wildman–Crippen LogP) is 3.55. The van der Waals surface area contributed by atoms with Crippen LogP contribution in [0.15, 0.2) is 65.5 Å². The number of amides is 1. The van der Waals surface area contributed by atoms with Crippen molar-refractivity contribution in [3.05, 3.63) is 86.7 Å². The molecule has 0 atom stereocenters. The van der Waals surface area contributed by atoms with Crippen molar-refractivity contribution in [2.24, 2.45) is 0 Å². The van der Waals surface area contributed by atoms with Crippen molar-refractivity contribution in [3.63, 3.8) is 0 Å². The van der Waals surface area contributed by atoms with E-state index in [2.05, 4.69) is 10.4 Å². The smallest absolute Gasteiger partial charge is 0.292 e. The molecule has 0 aliphatic rings. The fourth-order valence-corrected chi connectivity index (χ4v) is 2.83. The van der Waals surface area contributed by atoms with Gasteiger partial charge in [0.25, 0.3) is 11.2 Å². The highest BCUT2D eigenvalue weighted by molar-refractivity contribution is 5.92. The Balaban J connectivity index is 1.62. The van der Waals surface area contributed by atoms with E-state index in [1.54, 1.807) is 12.1 Å². The average Bonchev–Trinajstić information content (AvgIpc) is 2.70. The molecule has 1 N–H and O–H groups in total. The van der Waals surface area contributed by atoms with Gasteiger partial charge in [0.15, 0.2) is 0 Å². The normalized spacial score (nSPS) is 10.5. The van der Waals surface area contributed by atoms with Crippen LogP contribution in [-0.4, -0.2) is 20.6 Å². The zero-order chi connectivity index (χ0) is 20.8. The zero-order valence-corrected chi connectivity index (χ0v) is 15.9. The Morgan fingerprint density at radius 1 is 1.10 bits per heavy atom. The van der Waals surface area contributed by atoms with Gasteiger partial charge in [-0.15, -0.1) is 0 Å². The molecule has 0 saturated carbocycles. The summed E-state index contributed by atoms with van der Waals surface area (Å²) in [6.45, 7) is 2.26. The molecule has 0 unspecified atom stereocenters. The molecule has 8 heteroatoms. The number of rotatable bonds is 7. The van der Waals surface area contributed by atoms with E-state index in [9.17, 15) is 19.7 Å². The van der Waals surface area contributed by atoms with Crippen molar-refractivity contribution in [1.82, 2.24) is 9.78 Å². The van der Waals surface area contributed by atoms with Crippen LogP contribution >= 0.6 is 0 Å². The molecule has 148 valence electrons. The van der Waals surface area contributed by atoms with Crippen LogP contribution in [0.3, 0.4) is 0 Å². The second kappa shape index (κ2) is 8.92. The Hall–Kier alpha value is -3.81. The molecule has 8 nitrogen and oxygen atoms in total. The lowest BCUT2D eigenvalue weighted by Crippen LogP contribution is -2.23. The molecule has 0 fully saturated rings. The van der Waals surface area contributed by atoms with Gasteiger partial charge in [-0.25, -0.2) is 4.68 Å². The Bertz CT molecular complexity index is 1090. The van der Waals surface area contributed by atoms with Crippen molar-refractivity contribution < 1.29 is 9.72 Å². The summed E-state index contributed by atoms with van der Waals surface area (Å²) in [7, 11) is 0. The Labute approximate surface area is 167 Å². The van der Waals surface area contributed by atoms with E-state index in [1.165, 1.54) is 28.9 Å². The van der Waals surface area contributed by atoms with E-state index in [0.717, 1.165) is 11.1 Å². The fraction of sp³-hybridized carbons (Fsp3) is 0.190. The van der Waals surface area contributed by atoms with Gasteiger partial charge in [-0.3, -0.25) is 19.7 Å². The van der Waals surface area contributed by atoms with Gasteiger partial charge in [0.1, 0.15) is 5.69 Å². The molecule has 0 aliphatic carbocycles. The number of nitrogens with one attached hydrogen (secondary N) is 1. The number of carbonyl (C=O) groups excluding carboxylic acids is 1. The minimum atomic E-state index is -0.546. The maximum atomic E-state index is 12.1. The van der Waals surface area contributed by atoms with Crippen LogP contribution in [0.1, 0.15) is 18.4 Å². The number of benzene rings is 2. The van der Waals surface area contributed by atoms with E-state index < -0.39 is 4.92 Å². The summed E-state index contributed by atoms with van der Waals surface area (Å²) < 4.78 is 1.33. The Morgan fingerprint density at radius 3 is 2.55 bits per heavy atom. The highest BCUT2D eigenvalue weighted by Gasteiger charge is 2.14. The summed E-state index contributed by atoms with van der Waals surface area (Å²) in [5.41, 5.74) is 2.45. The van der Waals surface area contributed by atoms with Gasteiger partial charge >= 0.3 is 0 Å². The van der Waals surface area contributed by atoms with Crippen LogP contribution in [0.2, 0.25) is 0 Å². The van der Waals surface area contributed by atoms with Crippen molar-refractivity contribution in [3.8, 4) is 11.3 Å². The van der Waals surface area contributed by atoms with Crippen LogP contribution in [0.25, 0.3) is 11.3 Å². The van der Waals surface area contributed by atoms with E-state index in [1.807, 2.05) is 31.2 Å². The molecule has 0 saturated heterocycles. The lowest BCUT2D eigenvalue weighted by Gasteiger charge is -2.08. The molecule has 0 radical (unpaired) electrons. The average molecular weight is 392 g/mol. The number of nitrogens with zero attached hydrogens (tertiary/aromatic N) is 3. The molecule has 3 aromatic rings. The predicted molar refractivity (Wildman–Crippen MR) is 110 cm³/mol. The minimum Gasteiger partial charge on any atom is -0.320 e. The molecular weight excluding hydrogens is 372 g/mol. The van der Waals surface area contributed by atoms with Gasteiger partial charge in [0, 0.05) is 30.7 Å². The number of para-hydroxylation sites is 2. The zero-order valence-electron chi connectivity index (χ0n) is 15.9. The standard InChI is InChI=1S/C21H20N4O4/c1-15-8-10-16(11-9-15)17-12-13-21(27)24(23-17)14-4-7-20(26)22-18-5-2-3-6-19(18)25(28)29/h2-3,5-6,8-13H,4,7,14H2,1H3,(H,22,26). The molecular formula is C21H20N4O4. The van der Waals surface area contributed by atoms with E-state index >= 15 is 0 Å². The van der Waals surface area contributed by atoms with Crippen LogP contribution in [0.4, 0.5) is 11.4 Å². The van der Waals surface area contributed by atoms with Crippen LogP contribution < -0.4 is 10.9 Å². The van der Waals surface area contributed by atoms with Gasteiger partial charge < -0.3 is 5.32 Å². The second-order valence-corrected chi connectivity index (χ2v) is 6.57. The molecule has 0 aliphatic heterocycles. The first-order chi connectivity index (χ1) is 13.9. The lowest BCUT2D eigenvalue weighted by molar-refractivity contribution is -0.383. The van der Waals surface area contributed by atoms with Crippen molar-refractivity contribution in [2.75, 3.05) is 5.32 Å². The second-order valence-electron chi connectivity index (χ2n) is 6.57. The number of nitro benzene ring substituents is 1. The molecule has 1 aromatic heterocycles. The number of aryl methyl sites for hydroxylation is 2. The summed E-state index contributed by atoms with van der Waals surface area (Å²) in [5, 5.41) is 17.9. The number of hydrogen-bond acceptors (Lipinski definition) is 5. The highest BCUT2D eigenvalue weighted by atomic mass is 16.6. The summed E-state index contributed by atoms with van der Waals surface area (Å²) >= 11 is 0. The summed E-state index contributed by atoms with van der Waals surface area (Å²) in [4.78, 5) is 34.7. The maximum absolute atomic E-state index is 12.1. The van der Waals surface area contributed by atoms with Gasteiger partial charge in [-0.2, -0.15) is 5.10 Å². The summed E-state index contributed by atoms with van der Waals surface area (Å²) in [6, 6.07) is 16.9. The first-order valence-corrected chi connectivity index (χ1v) is 9.12. The van der Waals surface area contributed by atoms with Crippen molar-refractivity contribution in [2.45, 2.75) is 26.3 Å². The molecule has 2 aromatic carbocycles. The summed E-state index contributed by atoms with van der Waals surface area (Å²) in [6.07, 6.45) is 0.478. The fourth-order valence-electron chi connectivity index (χ4n) is 2.83. The van der Waals surface area contributed by atoms with Crippen molar-refractivity contribution in [1.29, 1.82) is 0 Å². The third-order valence-electron chi connectivity index (χ3n) is 4.36.